The monoisotopic (exact) mass is 395 g/mol. The first kappa shape index (κ1) is 26.4. The molecule has 5 heteroatoms. The van der Waals surface area contributed by atoms with Gasteiger partial charge in [-0.05, 0) is 44.7 Å². The first-order valence-corrected chi connectivity index (χ1v) is 10.9. The van der Waals surface area contributed by atoms with Crippen LogP contribution in [0, 0.1) is 0 Å². The van der Waals surface area contributed by atoms with Crippen molar-refractivity contribution in [3.63, 3.8) is 0 Å². The van der Waals surface area contributed by atoms with Gasteiger partial charge in [-0.25, -0.2) is 0 Å². The number of aliphatic hydroxyl groups is 1. The maximum Gasteiger partial charge on any atom is 0.323 e. The molecule has 0 saturated carbocycles. The molecule has 0 radical (unpaired) electrons. The number of benzene rings is 1. The molecule has 162 valence electrons. The van der Waals surface area contributed by atoms with Crippen LogP contribution in [-0.4, -0.2) is 35.9 Å². The van der Waals surface area contributed by atoms with Crippen LogP contribution in [0.3, 0.4) is 0 Å². The fourth-order valence-electron chi connectivity index (χ4n) is 2.84. The third-order valence-electron chi connectivity index (χ3n) is 4.31. The number of aliphatic hydroxyl groups excluding tert-OH is 1. The molecule has 1 aromatic carbocycles. The Morgan fingerprint density at radius 2 is 1.79 bits per heavy atom. The highest BCUT2D eigenvalue weighted by molar-refractivity contribution is 5.75. The number of carbonyl (C=O) groups is 1. The Labute approximate surface area is 171 Å². The molecule has 2 unspecified atom stereocenters. The number of esters is 1. The lowest BCUT2D eigenvalue weighted by Gasteiger charge is -2.25. The molecular weight excluding hydrogens is 354 g/mol. The predicted octanol–water partition coefficient (Wildman–Crippen LogP) is 4.85. The summed E-state index contributed by atoms with van der Waals surface area (Å²) in [5, 5.41) is 8.20. The second-order valence-corrected chi connectivity index (χ2v) is 6.86. The van der Waals surface area contributed by atoms with E-state index in [1.807, 2.05) is 51.1 Å². The summed E-state index contributed by atoms with van der Waals surface area (Å²) in [5.41, 5.74) is 5.78. The van der Waals surface area contributed by atoms with Gasteiger partial charge in [-0.3, -0.25) is 4.79 Å². The second-order valence-electron chi connectivity index (χ2n) is 6.86. The van der Waals surface area contributed by atoms with Crippen molar-refractivity contribution in [1.29, 1.82) is 0 Å². The molecule has 1 aromatic rings. The van der Waals surface area contributed by atoms with E-state index < -0.39 is 6.04 Å². The minimum absolute atomic E-state index is 0.0783. The molecule has 0 spiro atoms. The van der Waals surface area contributed by atoms with Gasteiger partial charge in [-0.2, -0.15) is 0 Å². The molecule has 3 N–H and O–H groups in total. The first-order chi connectivity index (χ1) is 13.6. The predicted molar refractivity (Wildman–Crippen MR) is 115 cm³/mol. The molecular formula is C23H41NO4. The highest BCUT2D eigenvalue weighted by atomic mass is 16.5. The summed E-state index contributed by atoms with van der Waals surface area (Å²) in [5.74, 6) is 0.572. The van der Waals surface area contributed by atoms with E-state index in [9.17, 15) is 4.79 Å². The van der Waals surface area contributed by atoms with Crippen LogP contribution in [0.25, 0.3) is 0 Å². The summed E-state index contributed by atoms with van der Waals surface area (Å²) in [6.45, 7) is 8.37. The maximum atomic E-state index is 11.7. The van der Waals surface area contributed by atoms with Crippen molar-refractivity contribution in [3.05, 3.63) is 30.3 Å². The highest BCUT2D eigenvalue weighted by Crippen LogP contribution is 2.20. The van der Waals surface area contributed by atoms with Crippen molar-refractivity contribution < 1.29 is 19.4 Å². The molecule has 5 nitrogen and oxygen atoms in total. The van der Waals surface area contributed by atoms with Crippen LogP contribution in [-0.2, 0) is 9.53 Å². The van der Waals surface area contributed by atoms with E-state index in [0.717, 1.165) is 37.9 Å². The molecule has 0 amide bonds. The lowest BCUT2D eigenvalue weighted by Crippen LogP contribution is -2.36. The minimum Gasteiger partial charge on any atom is -0.490 e. The molecule has 1 aliphatic heterocycles. The normalized spacial score (nSPS) is 22.5. The Kier molecular flexibility index (Phi) is 16.5. The van der Waals surface area contributed by atoms with Gasteiger partial charge in [0.25, 0.3) is 0 Å². The number of rotatable bonds is 5. The summed E-state index contributed by atoms with van der Waals surface area (Å²) in [7, 11) is 0. The number of ether oxygens (including phenoxy) is 2. The average Bonchev–Trinajstić information content (AvgIpc) is 2.71. The smallest absolute Gasteiger partial charge is 0.323 e. The molecule has 1 fully saturated rings. The Hall–Kier alpha value is -1.59. The van der Waals surface area contributed by atoms with Gasteiger partial charge in [-0.1, -0.05) is 58.2 Å². The van der Waals surface area contributed by atoms with E-state index >= 15 is 0 Å². The van der Waals surface area contributed by atoms with Crippen molar-refractivity contribution >= 4 is 5.97 Å². The topological polar surface area (TPSA) is 81.8 Å². The standard InChI is InChI=1S/C16H23NO3.C5H12O.C2H6/c1-12-11-14(20-13-7-3-2-4-8-13)9-5-6-10-15(17)16(18)19-12;1-2-3-4-5-6;1-2/h2-4,7-8,12,14-15H,5-6,9-11,17H2,1H3;6H,2-5H2,1H3;1-2H3/t12?,14?,15-;;/m0../s1. The number of cyclic esters (lactones) is 1. The molecule has 28 heavy (non-hydrogen) atoms. The molecule has 1 heterocycles. The van der Waals surface area contributed by atoms with Crippen molar-refractivity contribution in [2.75, 3.05) is 6.61 Å². The van der Waals surface area contributed by atoms with Crippen LogP contribution in [0.5, 0.6) is 5.75 Å². The number of para-hydroxylation sites is 1. The van der Waals surface area contributed by atoms with Crippen molar-refractivity contribution in [3.8, 4) is 5.75 Å². The zero-order valence-electron chi connectivity index (χ0n) is 18.2. The van der Waals surface area contributed by atoms with Crippen LogP contribution in [0.15, 0.2) is 30.3 Å². The van der Waals surface area contributed by atoms with Crippen molar-refractivity contribution in [1.82, 2.24) is 0 Å². The summed E-state index contributed by atoms with van der Waals surface area (Å²) < 4.78 is 11.4. The number of hydrogen-bond acceptors (Lipinski definition) is 5. The van der Waals surface area contributed by atoms with Gasteiger partial charge in [-0.15, -0.1) is 0 Å². The van der Waals surface area contributed by atoms with Gasteiger partial charge < -0.3 is 20.3 Å². The summed E-state index contributed by atoms with van der Waals surface area (Å²) >= 11 is 0. The van der Waals surface area contributed by atoms with Gasteiger partial charge >= 0.3 is 5.97 Å². The summed E-state index contributed by atoms with van der Waals surface area (Å²) in [6.07, 6.45) is 7.54. The Bertz CT molecular complexity index is 477. The summed E-state index contributed by atoms with van der Waals surface area (Å²) in [4.78, 5) is 11.7. The van der Waals surface area contributed by atoms with E-state index in [2.05, 4.69) is 6.92 Å². The molecule has 2 rings (SSSR count). The Morgan fingerprint density at radius 1 is 1.14 bits per heavy atom. The van der Waals surface area contributed by atoms with E-state index in [4.69, 9.17) is 20.3 Å². The van der Waals surface area contributed by atoms with E-state index in [0.29, 0.717) is 19.4 Å². The SMILES string of the molecule is CC.CC1CC(Oc2ccccc2)CCCC[C@H](N)C(=O)O1.CCCCCO. The van der Waals surface area contributed by atoms with Crippen molar-refractivity contribution in [2.24, 2.45) is 5.73 Å². The lowest BCUT2D eigenvalue weighted by atomic mass is 10.0. The molecule has 3 atom stereocenters. The molecule has 1 aliphatic rings. The van der Waals surface area contributed by atoms with Crippen LogP contribution < -0.4 is 10.5 Å². The highest BCUT2D eigenvalue weighted by Gasteiger charge is 2.23. The van der Waals surface area contributed by atoms with E-state index in [-0.39, 0.29) is 18.2 Å². The zero-order valence-corrected chi connectivity index (χ0v) is 18.2. The van der Waals surface area contributed by atoms with Gasteiger partial charge in [0.05, 0.1) is 0 Å². The zero-order chi connectivity index (χ0) is 21.2. The summed E-state index contributed by atoms with van der Waals surface area (Å²) in [6, 6.07) is 9.29. The fraction of sp³-hybridized carbons (Fsp3) is 0.696. The van der Waals surface area contributed by atoms with Gasteiger partial charge in [0.15, 0.2) is 0 Å². The molecule has 0 aromatic heterocycles. The van der Waals surface area contributed by atoms with Gasteiger partial charge in [0, 0.05) is 13.0 Å². The quantitative estimate of drug-likeness (QED) is 0.550. The number of nitrogens with two attached hydrogens (primary N) is 1. The van der Waals surface area contributed by atoms with Crippen LogP contribution in [0.4, 0.5) is 0 Å². The van der Waals surface area contributed by atoms with Crippen LogP contribution in [0.1, 0.15) is 79.1 Å². The van der Waals surface area contributed by atoms with Crippen LogP contribution in [0.2, 0.25) is 0 Å². The van der Waals surface area contributed by atoms with Gasteiger partial charge in [0.2, 0.25) is 0 Å². The molecule has 1 saturated heterocycles. The average molecular weight is 396 g/mol. The molecule has 0 bridgehead atoms. The van der Waals surface area contributed by atoms with Gasteiger partial charge in [0.1, 0.15) is 24.0 Å². The minimum atomic E-state index is -0.482. The number of hydrogen-bond donors (Lipinski definition) is 2. The third kappa shape index (κ3) is 12.7. The largest absolute Gasteiger partial charge is 0.490 e. The number of unbranched alkanes of at least 4 members (excludes halogenated alkanes) is 2. The fourth-order valence-corrected chi connectivity index (χ4v) is 2.84. The Morgan fingerprint density at radius 3 is 2.36 bits per heavy atom. The lowest BCUT2D eigenvalue weighted by molar-refractivity contribution is -0.151. The van der Waals surface area contributed by atoms with Crippen molar-refractivity contribution in [2.45, 2.75) is 97.3 Å². The van der Waals surface area contributed by atoms with Crippen LogP contribution >= 0.6 is 0 Å². The first-order valence-electron chi connectivity index (χ1n) is 10.9. The third-order valence-corrected chi connectivity index (χ3v) is 4.31. The van der Waals surface area contributed by atoms with E-state index in [1.54, 1.807) is 0 Å². The Balaban J connectivity index is 0.000000780. The second kappa shape index (κ2) is 17.5. The van der Waals surface area contributed by atoms with E-state index in [1.165, 1.54) is 6.42 Å². The molecule has 0 aliphatic carbocycles. The maximum absolute atomic E-state index is 11.7. The number of carbonyl (C=O) groups excluding carboxylic acids is 1.